The molecule has 0 saturated carbocycles. The molecule has 2 N–H and O–H groups in total. The summed E-state index contributed by atoms with van der Waals surface area (Å²) in [5, 5.41) is 18.5. The van der Waals surface area contributed by atoms with Crippen LogP contribution < -0.4 is 5.73 Å². The molecular formula is C15H17N3O. The van der Waals surface area contributed by atoms with E-state index < -0.39 is 0 Å². The number of fused-ring (bicyclic) bond motifs is 1. The van der Waals surface area contributed by atoms with E-state index >= 15 is 0 Å². The third kappa shape index (κ3) is 2.00. The van der Waals surface area contributed by atoms with Crippen LogP contribution >= 0.6 is 0 Å². The topological polar surface area (TPSA) is 82.8 Å². The van der Waals surface area contributed by atoms with Gasteiger partial charge in [-0.2, -0.15) is 10.5 Å². The first-order chi connectivity index (χ1) is 9.01. The van der Waals surface area contributed by atoms with Gasteiger partial charge in [-0.25, -0.2) is 0 Å². The summed E-state index contributed by atoms with van der Waals surface area (Å²) in [5.41, 5.74) is 8.36. The van der Waals surface area contributed by atoms with Gasteiger partial charge < -0.3 is 10.5 Å². The van der Waals surface area contributed by atoms with E-state index in [1.54, 1.807) is 0 Å². The zero-order chi connectivity index (χ0) is 14.2. The maximum Gasteiger partial charge on any atom is 0.210 e. The second-order valence-electron chi connectivity index (χ2n) is 5.30. The van der Waals surface area contributed by atoms with E-state index in [2.05, 4.69) is 26.8 Å². The quantitative estimate of drug-likeness (QED) is 0.780. The highest BCUT2D eigenvalue weighted by atomic mass is 16.5. The van der Waals surface area contributed by atoms with E-state index in [0.29, 0.717) is 11.5 Å². The van der Waals surface area contributed by atoms with Crippen molar-refractivity contribution in [1.29, 1.82) is 10.5 Å². The van der Waals surface area contributed by atoms with Gasteiger partial charge in [-0.05, 0) is 30.3 Å². The van der Waals surface area contributed by atoms with Crippen LogP contribution in [0.3, 0.4) is 0 Å². The third-order valence-electron chi connectivity index (χ3n) is 3.77. The molecule has 4 heteroatoms. The predicted octanol–water partition coefficient (Wildman–Crippen LogP) is 2.87. The molecule has 0 aromatic rings. The van der Waals surface area contributed by atoms with Crippen molar-refractivity contribution in [3.8, 4) is 12.1 Å². The maximum atomic E-state index is 9.37. The summed E-state index contributed by atoms with van der Waals surface area (Å²) in [7, 11) is 0. The Morgan fingerprint density at radius 1 is 1.26 bits per heavy atom. The number of allylic oxidation sites excluding steroid dienone is 4. The lowest BCUT2D eigenvalue weighted by Crippen LogP contribution is -2.24. The molecule has 4 nitrogen and oxygen atoms in total. The van der Waals surface area contributed by atoms with Crippen LogP contribution in [0.25, 0.3) is 0 Å². The SMILES string of the molecule is CC(C)C1=C2OC(N)=C(C#N)C(C#N)=C2C(C)CC1. The van der Waals surface area contributed by atoms with Crippen LogP contribution in [-0.4, -0.2) is 0 Å². The fraction of sp³-hybridized carbons (Fsp3) is 0.467. The monoisotopic (exact) mass is 255 g/mol. The Morgan fingerprint density at radius 2 is 1.89 bits per heavy atom. The molecule has 0 aromatic carbocycles. The Labute approximate surface area is 113 Å². The minimum atomic E-state index is 0.0463. The van der Waals surface area contributed by atoms with E-state index in [9.17, 15) is 5.26 Å². The molecule has 1 aliphatic heterocycles. The molecule has 2 aliphatic rings. The molecule has 1 aliphatic carbocycles. The smallest absolute Gasteiger partial charge is 0.210 e. The lowest BCUT2D eigenvalue weighted by molar-refractivity contribution is 0.271. The van der Waals surface area contributed by atoms with Gasteiger partial charge in [0.2, 0.25) is 5.88 Å². The molecule has 19 heavy (non-hydrogen) atoms. The average molecular weight is 255 g/mol. The molecule has 0 radical (unpaired) electrons. The molecule has 2 rings (SSSR count). The summed E-state index contributed by atoms with van der Waals surface area (Å²) in [6, 6.07) is 4.11. The van der Waals surface area contributed by atoms with Crippen molar-refractivity contribution in [3.63, 3.8) is 0 Å². The number of nitrogens with two attached hydrogens (primary N) is 1. The molecule has 98 valence electrons. The number of nitriles is 2. The van der Waals surface area contributed by atoms with Crippen LogP contribution in [0.1, 0.15) is 33.6 Å². The van der Waals surface area contributed by atoms with Gasteiger partial charge in [-0.3, -0.25) is 0 Å². The van der Waals surface area contributed by atoms with Crippen molar-refractivity contribution in [2.45, 2.75) is 33.6 Å². The van der Waals surface area contributed by atoms with E-state index in [-0.39, 0.29) is 17.4 Å². The Hall–Kier alpha value is -2.20. The van der Waals surface area contributed by atoms with E-state index in [1.165, 1.54) is 5.57 Å². The van der Waals surface area contributed by atoms with Gasteiger partial charge in [-0.15, -0.1) is 0 Å². The first-order valence-electron chi connectivity index (χ1n) is 6.47. The van der Waals surface area contributed by atoms with Crippen LogP contribution in [0.2, 0.25) is 0 Å². The summed E-state index contributed by atoms with van der Waals surface area (Å²) < 4.78 is 5.68. The van der Waals surface area contributed by atoms with Gasteiger partial charge in [0.15, 0.2) is 0 Å². The fourth-order valence-electron chi connectivity index (χ4n) is 2.70. The van der Waals surface area contributed by atoms with E-state index in [0.717, 1.165) is 24.2 Å². The van der Waals surface area contributed by atoms with Crippen molar-refractivity contribution < 1.29 is 4.74 Å². The first kappa shape index (κ1) is 13.2. The summed E-state index contributed by atoms with van der Waals surface area (Å²) >= 11 is 0. The minimum Gasteiger partial charge on any atom is -0.440 e. The van der Waals surface area contributed by atoms with Crippen molar-refractivity contribution in [1.82, 2.24) is 0 Å². The molecule has 0 aromatic heterocycles. The van der Waals surface area contributed by atoms with Gasteiger partial charge in [0.1, 0.15) is 23.5 Å². The number of ether oxygens (including phenoxy) is 1. The largest absolute Gasteiger partial charge is 0.440 e. The summed E-state index contributed by atoms with van der Waals surface area (Å²) in [6.07, 6.45) is 1.92. The van der Waals surface area contributed by atoms with Gasteiger partial charge >= 0.3 is 0 Å². The van der Waals surface area contributed by atoms with Gasteiger partial charge in [0.25, 0.3) is 0 Å². The number of nitrogens with zero attached hydrogens (tertiary/aromatic N) is 2. The highest BCUT2D eigenvalue weighted by molar-refractivity contribution is 5.61. The van der Waals surface area contributed by atoms with Crippen molar-refractivity contribution >= 4 is 0 Å². The average Bonchev–Trinajstić information content (AvgIpc) is 2.37. The van der Waals surface area contributed by atoms with Gasteiger partial charge in [0, 0.05) is 5.57 Å². The molecule has 0 saturated heterocycles. The van der Waals surface area contributed by atoms with Crippen LogP contribution in [-0.2, 0) is 4.74 Å². The highest BCUT2D eigenvalue weighted by Crippen LogP contribution is 2.43. The van der Waals surface area contributed by atoms with Crippen LogP contribution in [0.4, 0.5) is 0 Å². The lowest BCUT2D eigenvalue weighted by Gasteiger charge is -2.33. The fourth-order valence-corrected chi connectivity index (χ4v) is 2.70. The zero-order valence-corrected chi connectivity index (χ0v) is 11.4. The van der Waals surface area contributed by atoms with Crippen LogP contribution in [0.15, 0.2) is 33.9 Å². The van der Waals surface area contributed by atoms with Gasteiger partial charge in [-0.1, -0.05) is 20.8 Å². The number of hydrogen-bond donors (Lipinski definition) is 1. The van der Waals surface area contributed by atoms with Crippen molar-refractivity contribution in [2.24, 2.45) is 17.6 Å². The lowest BCUT2D eigenvalue weighted by atomic mass is 9.77. The molecule has 0 amide bonds. The summed E-state index contributed by atoms with van der Waals surface area (Å²) in [4.78, 5) is 0. The molecule has 0 bridgehead atoms. The van der Waals surface area contributed by atoms with Crippen LogP contribution in [0, 0.1) is 34.5 Å². The maximum absolute atomic E-state index is 9.37. The third-order valence-corrected chi connectivity index (χ3v) is 3.77. The van der Waals surface area contributed by atoms with E-state index in [1.807, 2.05) is 6.07 Å². The molecule has 1 unspecified atom stereocenters. The highest BCUT2D eigenvalue weighted by Gasteiger charge is 2.34. The standard InChI is InChI=1S/C15H17N3O/c1-8(2)10-5-4-9(3)13-11(6-16)12(7-17)15(18)19-14(10)13/h8-9H,4-5,18H2,1-3H3. The Balaban J connectivity index is 2.73. The normalized spacial score (nSPS) is 22.9. The Kier molecular flexibility index (Phi) is 3.36. The number of rotatable bonds is 1. The second kappa shape index (κ2) is 4.82. The van der Waals surface area contributed by atoms with E-state index in [4.69, 9.17) is 15.7 Å². The predicted molar refractivity (Wildman–Crippen MR) is 70.8 cm³/mol. The zero-order valence-electron chi connectivity index (χ0n) is 11.4. The molecular weight excluding hydrogens is 238 g/mol. The van der Waals surface area contributed by atoms with Crippen molar-refractivity contribution in [2.75, 3.05) is 0 Å². The first-order valence-corrected chi connectivity index (χ1v) is 6.47. The summed E-state index contributed by atoms with van der Waals surface area (Å²) in [5.74, 6) is 1.32. The minimum absolute atomic E-state index is 0.0463. The molecule has 0 spiro atoms. The molecule has 0 fully saturated rings. The van der Waals surface area contributed by atoms with Crippen LogP contribution in [0.5, 0.6) is 0 Å². The number of hydrogen-bond acceptors (Lipinski definition) is 4. The van der Waals surface area contributed by atoms with Crippen molar-refractivity contribution in [3.05, 3.63) is 33.9 Å². The summed E-state index contributed by atoms with van der Waals surface area (Å²) in [6.45, 7) is 6.26. The van der Waals surface area contributed by atoms with Gasteiger partial charge in [0.05, 0.1) is 5.57 Å². The second-order valence-corrected chi connectivity index (χ2v) is 5.30. The Morgan fingerprint density at radius 3 is 2.42 bits per heavy atom. The Bertz CT molecular complexity index is 594. The molecule has 1 heterocycles. The molecule has 1 atom stereocenters.